The fourth-order valence-electron chi connectivity index (χ4n) is 3.79. The van der Waals surface area contributed by atoms with Gasteiger partial charge in [0.05, 0.1) is 27.6 Å². The van der Waals surface area contributed by atoms with Gasteiger partial charge in [0.1, 0.15) is 6.61 Å². The molecule has 5 rings (SSSR count). The highest BCUT2D eigenvalue weighted by Gasteiger charge is 2.30. The van der Waals surface area contributed by atoms with Gasteiger partial charge in [0.15, 0.2) is 5.13 Å². The number of carbonyl (C=O) groups excluding carboxylic acids is 1. The Morgan fingerprint density at radius 2 is 2.16 bits per heavy atom. The predicted octanol–water partition coefficient (Wildman–Crippen LogP) is 4.16. The zero-order valence-electron chi connectivity index (χ0n) is 16.6. The van der Waals surface area contributed by atoms with E-state index in [-0.39, 0.29) is 0 Å². The van der Waals surface area contributed by atoms with Crippen LogP contribution in [0.25, 0.3) is 27.5 Å². The van der Waals surface area contributed by atoms with Gasteiger partial charge in [-0.05, 0) is 59.5 Å². The van der Waals surface area contributed by atoms with Crippen molar-refractivity contribution in [1.82, 2.24) is 19.7 Å². The normalized spacial score (nSPS) is 12.4. The van der Waals surface area contributed by atoms with Crippen molar-refractivity contribution >= 4 is 38.3 Å². The van der Waals surface area contributed by atoms with Crippen molar-refractivity contribution in [1.29, 1.82) is 0 Å². The molecule has 0 aliphatic heterocycles. The summed E-state index contributed by atoms with van der Waals surface area (Å²) in [7, 11) is 0. The molecule has 1 amide bonds. The second kappa shape index (κ2) is 7.99. The van der Waals surface area contributed by atoms with E-state index in [0.29, 0.717) is 5.13 Å². The molecule has 1 aliphatic rings. The number of nitrogens with one attached hydrogen (secondary N) is 1. The number of halogens is 1. The average molecular weight is 496 g/mol. The van der Waals surface area contributed by atoms with Crippen molar-refractivity contribution in [2.75, 3.05) is 11.9 Å². The molecule has 4 aromatic rings. The van der Waals surface area contributed by atoms with Crippen LogP contribution in [0.5, 0.6) is 0 Å². The SMILES string of the molecule is Cc1cccc(-n2nc(-c3cccnc3)c3c2-c2sc(NC(=O)CO)nc2CC3)c1Br. The molecule has 0 saturated heterocycles. The number of fused-ring (bicyclic) bond motifs is 3. The fraction of sp³-hybridized carbons (Fsp3) is 0.182. The zero-order valence-corrected chi connectivity index (χ0v) is 19.0. The van der Waals surface area contributed by atoms with Gasteiger partial charge >= 0.3 is 0 Å². The number of aromatic nitrogens is 4. The molecular weight excluding hydrogens is 478 g/mol. The molecular formula is C22H18BrN5O2S. The highest BCUT2D eigenvalue weighted by molar-refractivity contribution is 9.10. The molecule has 3 aromatic heterocycles. The first-order valence-corrected chi connectivity index (χ1v) is 11.4. The van der Waals surface area contributed by atoms with E-state index in [4.69, 9.17) is 10.2 Å². The maximum atomic E-state index is 11.7. The topological polar surface area (TPSA) is 92.9 Å². The number of aryl methyl sites for hydroxylation is 2. The van der Waals surface area contributed by atoms with E-state index < -0.39 is 12.5 Å². The lowest BCUT2D eigenvalue weighted by Gasteiger charge is -2.15. The predicted molar refractivity (Wildman–Crippen MR) is 123 cm³/mol. The third-order valence-corrected chi connectivity index (χ3v) is 7.28. The molecule has 9 heteroatoms. The smallest absolute Gasteiger partial charge is 0.251 e. The van der Waals surface area contributed by atoms with Gasteiger partial charge < -0.3 is 5.11 Å². The standard InChI is InChI=1S/C22H18BrN5O2S/c1-12-4-2-6-16(18(12)23)28-20-14(19(27-28)13-5-3-9-24-10-13)7-8-15-21(20)31-22(25-15)26-17(30)11-29/h2-6,9-10,29H,7-8,11H2,1H3,(H,25,26,30). The number of benzene rings is 1. The summed E-state index contributed by atoms with van der Waals surface area (Å²) >= 11 is 5.13. The minimum atomic E-state index is -0.575. The van der Waals surface area contributed by atoms with Crippen LogP contribution in [0, 0.1) is 6.92 Å². The van der Waals surface area contributed by atoms with Gasteiger partial charge in [-0.25, -0.2) is 9.67 Å². The number of carbonyl (C=O) groups is 1. The summed E-state index contributed by atoms with van der Waals surface area (Å²) in [6, 6.07) is 10.0. The van der Waals surface area contributed by atoms with Crippen LogP contribution in [0.3, 0.4) is 0 Å². The van der Waals surface area contributed by atoms with E-state index >= 15 is 0 Å². The van der Waals surface area contributed by atoms with Crippen molar-refractivity contribution in [2.24, 2.45) is 0 Å². The Bertz CT molecular complexity index is 1300. The quantitative estimate of drug-likeness (QED) is 0.443. The van der Waals surface area contributed by atoms with E-state index in [0.717, 1.165) is 61.7 Å². The van der Waals surface area contributed by atoms with Crippen LogP contribution in [-0.4, -0.2) is 37.4 Å². The molecule has 0 unspecified atom stereocenters. The number of aliphatic hydroxyl groups excluding tert-OH is 1. The summed E-state index contributed by atoms with van der Waals surface area (Å²) in [5, 5.41) is 17.2. The Kier molecular flexibility index (Phi) is 5.17. The average Bonchev–Trinajstić information content (AvgIpc) is 3.37. The van der Waals surface area contributed by atoms with Gasteiger partial charge in [-0.1, -0.05) is 23.5 Å². The second-order valence-electron chi connectivity index (χ2n) is 7.24. The van der Waals surface area contributed by atoms with Crippen molar-refractivity contribution in [3.05, 3.63) is 64.0 Å². The first-order chi connectivity index (χ1) is 15.1. The van der Waals surface area contributed by atoms with Crippen LogP contribution in [0.4, 0.5) is 5.13 Å². The number of nitrogens with zero attached hydrogens (tertiary/aromatic N) is 4. The van der Waals surface area contributed by atoms with Crippen LogP contribution in [0.2, 0.25) is 0 Å². The molecule has 2 N–H and O–H groups in total. The first-order valence-electron chi connectivity index (χ1n) is 9.75. The Morgan fingerprint density at radius 1 is 1.29 bits per heavy atom. The molecule has 0 bridgehead atoms. The Balaban J connectivity index is 1.75. The van der Waals surface area contributed by atoms with Gasteiger partial charge in [-0.3, -0.25) is 15.1 Å². The lowest BCUT2D eigenvalue weighted by atomic mass is 9.95. The second-order valence-corrected chi connectivity index (χ2v) is 9.03. The number of aliphatic hydroxyl groups is 1. The number of hydrogen-bond donors (Lipinski definition) is 2. The maximum Gasteiger partial charge on any atom is 0.251 e. The summed E-state index contributed by atoms with van der Waals surface area (Å²) in [6.07, 6.45) is 5.11. The van der Waals surface area contributed by atoms with Crippen LogP contribution in [0.15, 0.2) is 47.2 Å². The molecule has 3 heterocycles. The zero-order chi connectivity index (χ0) is 21.5. The first kappa shape index (κ1) is 20.0. The molecule has 0 radical (unpaired) electrons. The molecule has 1 aromatic carbocycles. The molecule has 0 saturated carbocycles. The number of amides is 1. The number of thiazole rings is 1. The van der Waals surface area contributed by atoms with Crippen molar-refractivity contribution < 1.29 is 9.90 Å². The summed E-state index contributed by atoms with van der Waals surface area (Å²) in [5.74, 6) is -0.475. The molecule has 0 spiro atoms. The number of rotatable bonds is 4. The highest BCUT2D eigenvalue weighted by Crippen LogP contribution is 2.44. The molecule has 1 aliphatic carbocycles. The summed E-state index contributed by atoms with van der Waals surface area (Å²) in [6.45, 7) is 1.47. The number of pyridine rings is 1. The molecule has 31 heavy (non-hydrogen) atoms. The minimum Gasteiger partial charge on any atom is -0.387 e. The van der Waals surface area contributed by atoms with Crippen LogP contribution < -0.4 is 5.32 Å². The van der Waals surface area contributed by atoms with Crippen molar-refractivity contribution in [3.63, 3.8) is 0 Å². The van der Waals surface area contributed by atoms with Gasteiger partial charge in [0.25, 0.3) is 5.91 Å². The van der Waals surface area contributed by atoms with Crippen LogP contribution in [-0.2, 0) is 17.6 Å². The van der Waals surface area contributed by atoms with Crippen LogP contribution >= 0.6 is 27.3 Å². The monoisotopic (exact) mass is 495 g/mol. The lowest BCUT2D eigenvalue weighted by Crippen LogP contribution is -2.15. The van der Waals surface area contributed by atoms with Crippen molar-refractivity contribution in [3.8, 4) is 27.5 Å². The van der Waals surface area contributed by atoms with Gasteiger partial charge in [-0.2, -0.15) is 5.10 Å². The van der Waals surface area contributed by atoms with E-state index in [1.54, 1.807) is 6.20 Å². The number of hydrogen-bond acceptors (Lipinski definition) is 6. The molecule has 0 fully saturated rings. The largest absolute Gasteiger partial charge is 0.387 e. The lowest BCUT2D eigenvalue weighted by molar-refractivity contribution is -0.118. The van der Waals surface area contributed by atoms with Gasteiger partial charge in [0.2, 0.25) is 0 Å². The third kappa shape index (κ3) is 3.48. The third-order valence-electron chi connectivity index (χ3n) is 5.23. The van der Waals surface area contributed by atoms with Gasteiger partial charge in [-0.15, -0.1) is 0 Å². The fourth-order valence-corrected chi connectivity index (χ4v) is 5.31. The van der Waals surface area contributed by atoms with Crippen molar-refractivity contribution in [2.45, 2.75) is 19.8 Å². The Morgan fingerprint density at radius 3 is 2.94 bits per heavy atom. The van der Waals surface area contributed by atoms with E-state index in [9.17, 15) is 4.79 Å². The molecule has 0 atom stereocenters. The van der Waals surface area contributed by atoms with Gasteiger partial charge in [0, 0.05) is 28.0 Å². The Labute approximate surface area is 190 Å². The van der Waals surface area contributed by atoms with Crippen LogP contribution in [0.1, 0.15) is 16.8 Å². The molecule has 7 nitrogen and oxygen atoms in total. The summed E-state index contributed by atoms with van der Waals surface area (Å²) < 4.78 is 2.94. The number of anilines is 1. The van der Waals surface area contributed by atoms with E-state index in [1.807, 2.05) is 48.1 Å². The minimum absolute atomic E-state index is 0.475. The Hall–Kier alpha value is -2.88. The summed E-state index contributed by atoms with van der Waals surface area (Å²) in [5.41, 5.74) is 6.95. The van der Waals surface area contributed by atoms with E-state index in [1.165, 1.54) is 11.3 Å². The summed E-state index contributed by atoms with van der Waals surface area (Å²) in [4.78, 5) is 21.5. The van der Waals surface area contributed by atoms with E-state index in [2.05, 4.69) is 31.2 Å². The maximum absolute atomic E-state index is 11.7. The highest BCUT2D eigenvalue weighted by atomic mass is 79.9. The molecule has 156 valence electrons.